The van der Waals surface area contributed by atoms with Crippen molar-refractivity contribution in [1.82, 2.24) is 4.72 Å². The van der Waals surface area contributed by atoms with Crippen molar-refractivity contribution in [2.24, 2.45) is 0 Å². The number of rotatable bonds is 5. The van der Waals surface area contributed by atoms with Crippen molar-refractivity contribution in [2.75, 3.05) is 25.5 Å². The number of hydrogen-bond donors (Lipinski definition) is 1. The van der Waals surface area contributed by atoms with Crippen molar-refractivity contribution in [3.8, 4) is 0 Å². The summed E-state index contributed by atoms with van der Waals surface area (Å²) in [6.45, 7) is 1.14. The molecular weight excluding hydrogens is 288 g/mol. The van der Waals surface area contributed by atoms with Crippen molar-refractivity contribution < 1.29 is 13.2 Å². The van der Waals surface area contributed by atoms with Gasteiger partial charge in [-0.05, 0) is 19.1 Å². The van der Waals surface area contributed by atoms with Gasteiger partial charge in [0.25, 0.3) is 0 Å². The number of nitrogens with one attached hydrogen (secondary N) is 1. The van der Waals surface area contributed by atoms with E-state index in [0.717, 1.165) is 11.1 Å². The molecule has 0 fully saturated rings. The van der Waals surface area contributed by atoms with Gasteiger partial charge in [-0.25, -0.2) is 13.1 Å². The van der Waals surface area contributed by atoms with Crippen LogP contribution in [0.5, 0.6) is 0 Å². The highest BCUT2D eigenvalue weighted by Crippen LogP contribution is 2.29. The van der Waals surface area contributed by atoms with Gasteiger partial charge in [0.05, 0.1) is 11.4 Å². The number of carbonyl (C=O) groups excluding carboxylic acids is 1. The third-order valence-corrected chi connectivity index (χ3v) is 4.60. The van der Waals surface area contributed by atoms with E-state index in [4.69, 9.17) is 0 Å². The molecule has 2 aromatic rings. The molecule has 21 heavy (non-hydrogen) atoms. The first kappa shape index (κ1) is 15.5. The highest BCUT2D eigenvalue weighted by molar-refractivity contribution is 7.89. The first-order valence-electron chi connectivity index (χ1n) is 6.51. The zero-order valence-electron chi connectivity index (χ0n) is 12.3. The Bertz CT molecular complexity index is 783. The molecule has 0 atom stereocenters. The maximum atomic E-state index is 12.4. The molecule has 0 radical (unpaired) electrons. The van der Waals surface area contributed by atoms with Gasteiger partial charge in [0.15, 0.2) is 0 Å². The average Bonchev–Trinajstić information content (AvgIpc) is 2.43. The summed E-state index contributed by atoms with van der Waals surface area (Å²) in [5.41, 5.74) is 0.941. The van der Waals surface area contributed by atoms with Crippen LogP contribution in [0.1, 0.15) is 6.92 Å². The maximum absolute atomic E-state index is 12.4. The van der Waals surface area contributed by atoms with Gasteiger partial charge >= 0.3 is 0 Å². The summed E-state index contributed by atoms with van der Waals surface area (Å²) < 4.78 is 27.0. The van der Waals surface area contributed by atoms with E-state index < -0.39 is 10.0 Å². The number of carbonyl (C=O) groups is 1. The molecule has 0 amide bonds. The third-order valence-electron chi connectivity index (χ3n) is 3.14. The van der Waals surface area contributed by atoms with E-state index in [-0.39, 0.29) is 17.2 Å². The van der Waals surface area contributed by atoms with Crippen LogP contribution in [0.4, 0.5) is 5.69 Å². The fraction of sp³-hybridized carbons (Fsp3) is 0.267. The Labute approximate surface area is 124 Å². The zero-order valence-corrected chi connectivity index (χ0v) is 13.1. The van der Waals surface area contributed by atoms with Gasteiger partial charge < -0.3 is 4.90 Å². The van der Waals surface area contributed by atoms with Crippen LogP contribution in [0.15, 0.2) is 41.3 Å². The van der Waals surface area contributed by atoms with E-state index in [1.165, 1.54) is 6.92 Å². The van der Waals surface area contributed by atoms with Crippen LogP contribution >= 0.6 is 0 Å². The highest BCUT2D eigenvalue weighted by Gasteiger charge is 2.18. The first-order valence-corrected chi connectivity index (χ1v) is 7.99. The second-order valence-corrected chi connectivity index (χ2v) is 6.78. The summed E-state index contributed by atoms with van der Waals surface area (Å²) >= 11 is 0. The van der Waals surface area contributed by atoms with Crippen LogP contribution < -0.4 is 9.62 Å². The molecule has 0 spiro atoms. The number of hydrogen-bond acceptors (Lipinski definition) is 4. The molecule has 2 aromatic carbocycles. The van der Waals surface area contributed by atoms with Crippen molar-refractivity contribution >= 4 is 32.3 Å². The van der Waals surface area contributed by atoms with Gasteiger partial charge in [-0.15, -0.1) is 0 Å². The van der Waals surface area contributed by atoms with E-state index in [2.05, 4.69) is 4.72 Å². The molecule has 0 aromatic heterocycles. The third kappa shape index (κ3) is 3.22. The van der Waals surface area contributed by atoms with Crippen LogP contribution in [0, 0.1) is 0 Å². The molecule has 2 rings (SSSR count). The lowest BCUT2D eigenvalue weighted by molar-refractivity contribution is -0.115. The SMILES string of the molecule is CC(=O)CNS(=O)(=O)c1cccc2c(N(C)C)cccc12. The van der Waals surface area contributed by atoms with Crippen LogP contribution in [0.25, 0.3) is 10.8 Å². The number of benzene rings is 2. The molecule has 0 aliphatic carbocycles. The Hall–Kier alpha value is -1.92. The van der Waals surface area contributed by atoms with Crippen molar-refractivity contribution in [3.63, 3.8) is 0 Å². The van der Waals surface area contributed by atoms with Crippen LogP contribution in [-0.4, -0.2) is 34.8 Å². The molecule has 5 nitrogen and oxygen atoms in total. The summed E-state index contributed by atoms with van der Waals surface area (Å²) in [7, 11) is 0.0996. The van der Waals surface area contributed by atoms with E-state index in [1.807, 2.05) is 37.2 Å². The fourth-order valence-corrected chi connectivity index (χ4v) is 3.44. The predicted molar refractivity (Wildman–Crippen MR) is 84.1 cm³/mol. The summed E-state index contributed by atoms with van der Waals surface area (Å²) in [4.78, 5) is 13.1. The van der Waals surface area contributed by atoms with E-state index in [9.17, 15) is 13.2 Å². The lowest BCUT2D eigenvalue weighted by Crippen LogP contribution is -2.28. The minimum Gasteiger partial charge on any atom is -0.377 e. The van der Waals surface area contributed by atoms with Crippen LogP contribution in [-0.2, 0) is 14.8 Å². The topological polar surface area (TPSA) is 66.5 Å². The first-order chi connectivity index (χ1) is 9.83. The molecule has 0 heterocycles. The molecule has 0 unspecified atom stereocenters. The highest BCUT2D eigenvalue weighted by atomic mass is 32.2. The fourth-order valence-electron chi connectivity index (χ4n) is 2.16. The van der Waals surface area contributed by atoms with Crippen molar-refractivity contribution in [3.05, 3.63) is 36.4 Å². The zero-order chi connectivity index (χ0) is 15.6. The molecular formula is C15H18N2O3S. The normalized spacial score (nSPS) is 11.6. The second-order valence-electron chi connectivity index (χ2n) is 5.05. The molecule has 0 bridgehead atoms. The summed E-state index contributed by atoms with van der Waals surface area (Å²) in [6.07, 6.45) is 0. The lowest BCUT2D eigenvalue weighted by atomic mass is 10.1. The minimum absolute atomic E-state index is 0.185. The Kier molecular flexibility index (Phi) is 4.29. The summed E-state index contributed by atoms with van der Waals surface area (Å²) in [6, 6.07) is 10.7. The number of anilines is 1. The number of Topliss-reactive ketones (excluding diaryl/α,β-unsaturated/α-hetero) is 1. The molecule has 112 valence electrons. The summed E-state index contributed by atoms with van der Waals surface area (Å²) in [5, 5.41) is 1.49. The molecule has 0 aliphatic rings. The Morgan fingerprint density at radius 1 is 1.10 bits per heavy atom. The Morgan fingerprint density at radius 2 is 1.71 bits per heavy atom. The van der Waals surface area contributed by atoms with Crippen molar-refractivity contribution in [1.29, 1.82) is 0 Å². The van der Waals surface area contributed by atoms with E-state index in [0.29, 0.717) is 5.39 Å². The molecule has 0 aliphatic heterocycles. The minimum atomic E-state index is -3.71. The quantitative estimate of drug-likeness (QED) is 0.914. The predicted octanol–water partition coefficient (Wildman–Crippen LogP) is 1.77. The number of ketones is 1. The Balaban J connectivity index is 2.60. The van der Waals surface area contributed by atoms with Gasteiger partial charge in [0, 0.05) is 30.6 Å². The standard InChI is InChI=1S/C15H18N2O3S/c1-11(18)10-16-21(19,20)15-9-5-6-12-13(15)7-4-8-14(12)17(2)3/h4-9,16H,10H2,1-3H3. The van der Waals surface area contributed by atoms with Gasteiger partial charge in [-0.2, -0.15) is 0 Å². The van der Waals surface area contributed by atoms with Crippen LogP contribution in [0.3, 0.4) is 0 Å². The second kappa shape index (κ2) is 5.83. The Morgan fingerprint density at radius 3 is 2.33 bits per heavy atom. The monoisotopic (exact) mass is 306 g/mol. The lowest BCUT2D eigenvalue weighted by Gasteiger charge is -2.17. The number of sulfonamides is 1. The van der Waals surface area contributed by atoms with Gasteiger partial charge in [0.1, 0.15) is 5.78 Å². The van der Waals surface area contributed by atoms with Crippen molar-refractivity contribution in [2.45, 2.75) is 11.8 Å². The molecule has 0 saturated heterocycles. The van der Waals surface area contributed by atoms with Crippen LogP contribution in [0.2, 0.25) is 0 Å². The van der Waals surface area contributed by atoms with Gasteiger partial charge in [0.2, 0.25) is 10.0 Å². The molecule has 6 heteroatoms. The smallest absolute Gasteiger partial charge is 0.241 e. The summed E-state index contributed by atoms with van der Waals surface area (Å²) in [5.74, 6) is -0.229. The molecule has 1 N–H and O–H groups in total. The van der Waals surface area contributed by atoms with Gasteiger partial charge in [-0.1, -0.05) is 24.3 Å². The maximum Gasteiger partial charge on any atom is 0.241 e. The van der Waals surface area contributed by atoms with E-state index in [1.54, 1.807) is 18.2 Å². The number of nitrogens with zero attached hydrogens (tertiary/aromatic N) is 1. The largest absolute Gasteiger partial charge is 0.377 e. The molecule has 0 saturated carbocycles. The van der Waals surface area contributed by atoms with Gasteiger partial charge in [-0.3, -0.25) is 4.79 Å². The number of fused-ring (bicyclic) bond motifs is 1. The van der Waals surface area contributed by atoms with E-state index >= 15 is 0 Å². The average molecular weight is 306 g/mol.